The minimum atomic E-state index is 0.0985. The van der Waals surface area contributed by atoms with Gasteiger partial charge in [0.15, 0.2) is 0 Å². The van der Waals surface area contributed by atoms with E-state index in [0.717, 1.165) is 0 Å². The van der Waals surface area contributed by atoms with Gasteiger partial charge >= 0.3 is 6.85 Å². The van der Waals surface area contributed by atoms with Crippen LogP contribution in [0.1, 0.15) is 0 Å². The van der Waals surface area contributed by atoms with E-state index >= 15 is 0 Å². The summed E-state index contributed by atoms with van der Waals surface area (Å²) < 4.78 is 5.15. The molecule has 2 nitrogen and oxygen atoms in total. The van der Waals surface area contributed by atoms with Crippen LogP contribution in [0.15, 0.2) is 152 Å². The molecule has 0 bridgehead atoms. The van der Waals surface area contributed by atoms with Crippen LogP contribution in [0.25, 0.3) is 69.9 Å². The van der Waals surface area contributed by atoms with Crippen molar-refractivity contribution in [1.82, 2.24) is 4.57 Å². The molecule has 2 aromatic heterocycles. The van der Waals surface area contributed by atoms with E-state index in [0.29, 0.717) is 0 Å². The summed E-state index contributed by atoms with van der Waals surface area (Å²) >= 11 is 1.95. The first-order valence-corrected chi connectivity index (χ1v) is 16.7. The zero-order valence-electron chi connectivity index (χ0n) is 24.8. The number of nitrogens with zero attached hydrogens (tertiary/aromatic N) is 2. The summed E-state index contributed by atoms with van der Waals surface area (Å²) in [6.45, 7) is 0.0985. The first-order valence-electron chi connectivity index (χ1n) is 15.9. The maximum absolute atomic E-state index is 2.65. The molecule has 7 aromatic carbocycles. The lowest BCUT2D eigenvalue weighted by molar-refractivity contribution is 1.19. The predicted molar refractivity (Wildman–Crippen MR) is 198 cm³/mol. The summed E-state index contributed by atoms with van der Waals surface area (Å²) in [6.07, 6.45) is 0. The topological polar surface area (TPSA) is 8.17 Å². The van der Waals surface area contributed by atoms with Crippen LogP contribution < -0.4 is 15.7 Å². The smallest absolute Gasteiger partial charge is 0.329 e. The van der Waals surface area contributed by atoms with Gasteiger partial charge in [-0.25, -0.2) is 0 Å². The molecule has 4 heterocycles. The third-order valence-electron chi connectivity index (χ3n) is 10.2. The van der Waals surface area contributed by atoms with Crippen molar-refractivity contribution in [2.45, 2.75) is 0 Å². The Morgan fingerprint density at radius 2 is 1.04 bits per heavy atom. The van der Waals surface area contributed by atoms with E-state index in [1.807, 2.05) is 11.3 Å². The first kappa shape index (κ1) is 24.7. The van der Waals surface area contributed by atoms with E-state index in [9.17, 15) is 0 Å². The average Bonchev–Trinajstić information content (AvgIpc) is 3.68. The Bertz CT molecular complexity index is 2720. The third-order valence-corrected chi connectivity index (χ3v) is 11.4. The van der Waals surface area contributed by atoms with Gasteiger partial charge in [0.2, 0.25) is 0 Å². The van der Waals surface area contributed by atoms with Gasteiger partial charge in [0.1, 0.15) is 0 Å². The summed E-state index contributed by atoms with van der Waals surface area (Å²) in [5.74, 6) is 0. The average molecular weight is 601 g/mol. The van der Waals surface area contributed by atoms with Crippen molar-refractivity contribution in [3.05, 3.63) is 152 Å². The lowest BCUT2D eigenvalue weighted by Crippen LogP contribution is -2.59. The number of benzene rings is 7. The van der Waals surface area contributed by atoms with Crippen molar-refractivity contribution in [3.8, 4) is 27.9 Å². The van der Waals surface area contributed by atoms with Crippen LogP contribution in [-0.2, 0) is 0 Å². The van der Waals surface area contributed by atoms with Gasteiger partial charge in [0.05, 0.1) is 26.1 Å². The normalized spacial score (nSPS) is 13.1. The first-order chi connectivity index (χ1) is 22.9. The van der Waals surface area contributed by atoms with Crippen LogP contribution in [-0.4, -0.2) is 11.4 Å². The van der Waals surface area contributed by atoms with Gasteiger partial charge in [-0.3, -0.25) is 0 Å². The molecule has 0 amide bonds. The molecule has 0 fully saturated rings. The van der Waals surface area contributed by atoms with E-state index in [4.69, 9.17) is 0 Å². The Kier molecular flexibility index (Phi) is 4.83. The molecule has 0 saturated heterocycles. The number of hydrogen-bond donors (Lipinski definition) is 0. The summed E-state index contributed by atoms with van der Waals surface area (Å²) in [6, 6.07) is 56.1. The molecule has 212 valence electrons. The zero-order chi connectivity index (χ0) is 29.9. The van der Waals surface area contributed by atoms with Crippen LogP contribution in [0.3, 0.4) is 0 Å². The van der Waals surface area contributed by atoms with Crippen molar-refractivity contribution in [2.75, 3.05) is 4.81 Å². The van der Waals surface area contributed by atoms with Crippen molar-refractivity contribution in [1.29, 1.82) is 0 Å². The molecule has 2 aliphatic heterocycles. The summed E-state index contributed by atoms with van der Waals surface area (Å²) in [4.78, 5) is 2.65. The number of fused-ring (bicyclic) bond motifs is 19. The fourth-order valence-corrected chi connectivity index (χ4v) is 9.72. The second kappa shape index (κ2) is 9.00. The Balaban J connectivity index is 1.31. The summed E-state index contributed by atoms with van der Waals surface area (Å²) in [5.41, 5.74) is 14.3. The summed E-state index contributed by atoms with van der Waals surface area (Å²) in [7, 11) is 0. The highest BCUT2D eigenvalue weighted by Gasteiger charge is 2.43. The minimum Gasteiger partial charge on any atom is -0.375 e. The van der Waals surface area contributed by atoms with Gasteiger partial charge in [-0.15, -0.1) is 11.3 Å². The molecular weight excluding hydrogens is 575 g/mol. The van der Waals surface area contributed by atoms with Gasteiger partial charge in [-0.1, -0.05) is 127 Å². The predicted octanol–water partition coefficient (Wildman–Crippen LogP) is 10.1. The minimum absolute atomic E-state index is 0.0985. The fourth-order valence-electron chi connectivity index (χ4n) is 8.34. The van der Waals surface area contributed by atoms with E-state index in [-0.39, 0.29) is 6.85 Å². The number of anilines is 2. The molecule has 9 aromatic rings. The molecule has 0 spiro atoms. The Labute approximate surface area is 270 Å². The molecular formula is C42H25BN2S. The van der Waals surface area contributed by atoms with Gasteiger partial charge in [-0.2, -0.15) is 0 Å². The highest BCUT2D eigenvalue weighted by Crippen LogP contribution is 2.53. The second-order valence-electron chi connectivity index (χ2n) is 12.4. The molecule has 46 heavy (non-hydrogen) atoms. The van der Waals surface area contributed by atoms with E-state index in [1.54, 1.807) is 0 Å². The number of thiophene rings is 1. The molecule has 0 atom stereocenters. The van der Waals surface area contributed by atoms with Crippen molar-refractivity contribution in [3.63, 3.8) is 0 Å². The highest BCUT2D eigenvalue weighted by atomic mass is 32.1. The molecule has 0 radical (unpaired) electrons. The van der Waals surface area contributed by atoms with E-state index in [1.165, 1.54) is 92.2 Å². The van der Waals surface area contributed by atoms with Crippen molar-refractivity contribution >= 4 is 82.5 Å². The van der Waals surface area contributed by atoms with Crippen LogP contribution in [0.4, 0.5) is 11.4 Å². The van der Waals surface area contributed by atoms with Gasteiger partial charge in [-0.05, 0) is 46.3 Å². The monoisotopic (exact) mass is 600 g/mol. The molecule has 11 rings (SSSR count). The quantitative estimate of drug-likeness (QED) is 0.170. The van der Waals surface area contributed by atoms with Gasteiger partial charge < -0.3 is 9.38 Å². The number of para-hydroxylation sites is 3. The lowest BCUT2D eigenvalue weighted by atomic mass is 9.43. The molecule has 2 aliphatic rings. The molecule has 4 heteroatoms. The van der Waals surface area contributed by atoms with Crippen LogP contribution in [0.5, 0.6) is 0 Å². The molecule has 0 unspecified atom stereocenters. The Morgan fingerprint density at radius 3 is 1.87 bits per heavy atom. The highest BCUT2D eigenvalue weighted by molar-refractivity contribution is 7.27. The number of aromatic nitrogens is 1. The standard InChI is InChI=1S/C42H25BN2S/c1-2-12-26(13-3-1)44-37-20-10-6-17-30(37)32-23-25-33-34-24-22-31-28-15-5-9-19-36(28)43-35-18-8-4-14-27(35)29-16-7-11-21-38(29)45(43)40(31)42(34)46-41(33)39(32)44/h1-25H. The van der Waals surface area contributed by atoms with Crippen molar-refractivity contribution < 1.29 is 0 Å². The Morgan fingerprint density at radius 1 is 0.435 bits per heavy atom. The maximum atomic E-state index is 2.65. The fraction of sp³-hybridized carbons (Fsp3) is 0. The second-order valence-corrected chi connectivity index (χ2v) is 13.5. The lowest BCUT2D eigenvalue weighted by Gasteiger charge is -2.43. The van der Waals surface area contributed by atoms with Crippen molar-refractivity contribution in [2.24, 2.45) is 0 Å². The van der Waals surface area contributed by atoms with Crippen LogP contribution in [0.2, 0.25) is 0 Å². The van der Waals surface area contributed by atoms with E-state index < -0.39 is 0 Å². The number of hydrogen-bond acceptors (Lipinski definition) is 2. The van der Waals surface area contributed by atoms with E-state index in [2.05, 4.69) is 161 Å². The third kappa shape index (κ3) is 3.07. The maximum Gasteiger partial charge on any atom is 0.329 e. The molecule has 0 aliphatic carbocycles. The largest absolute Gasteiger partial charge is 0.375 e. The number of rotatable bonds is 1. The molecule has 0 N–H and O–H groups in total. The zero-order valence-corrected chi connectivity index (χ0v) is 25.6. The van der Waals surface area contributed by atoms with Gasteiger partial charge in [0.25, 0.3) is 0 Å². The van der Waals surface area contributed by atoms with Crippen LogP contribution in [0, 0.1) is 0 Å². The Hall–Kier alpha value is -5.58. The SMILES string of the molecule is c1ccc(-n2c3ccccc3c3ccc4c5ccc6c(c5sc4c32)N2B(c3ccccc3-c3ccccc32)c2ccccc2-6)cc1. The van der Waals surface area contributed by atoms with Gasteiger partial charge in [0, 0.05) is 44.0 Å². The van der Waals surface area contributed by atoms with Crippen LogP contribution >= 0.6 is 11.3 Å². The summed E-state index contributed by atoms with van der Waals surface area (Å²) in [5, 5.41) is 5.22. The molecule has 0 saturated carbocycles.